The van der Waals surface area contributed by atoms with Crippen molar-refractivity contribution < 1.29 is 34.2 Å². The number of carbonyl (C=O) groups excluding carboxylic acids is 2. The fourth-order valence-electron chi connectivity index (χ4n) is 1.55. The Balaban J connectivity index is 3.00. The van der Waals surface area contributed by atoms with Crippen molar-refractivity contribution >= 4 is 17.9 Å². The molecule has 138 valence electrons. The Morgan fingerprint density at radius 3 is 2.36 bits per heavy atom. The minimum Gasteiger partial charge on any atom is -0.480 e. The number of primary amides is 1. The lowest BCUT2D eigenvalue weighted by atomic mass is 10.1. The highest BCUT2D eigenvalue weighted by atomic mass is 16.5. The standard InChI is InChI=1S/C12H18N6O7/c1-4(8(14)21)7(10-17-9(18-25-10)5(13)2-19)16-12(24)15-6(3-20)11(22)23/h5-7,19-20H,1-3,13H2,(H2,14,21)(H,22,23)(H2,15,16,24)/t5-,6-,7-/m0/s1. The predicted octanol–water partition coefficient (Wildman–Crippen LogP) is -3.11. The number of nitrogens with zero attached hydrogens (tertiary/aromatic N) is 2. The van der Waals surface area contributed by atoms with Gasteiger partial charge < -0.3 is 41.9 Å². The number of aromatic nitrogens is 2. The van der Waals surface area contributed by atoms with E-state index in [0.717, 1.165) is 0 Å². The third-order valence-corrected chi connectivity index (χ3v) is 2.96. The van der Waals surface area contributed by atoms with Gasteiger partial charge in [0.05, 0.1) is 19.3 Å². The Hall–Kier alpha value is -3.03. The van der Waals surface area contributed by atoms with E-state index >= 15 is 0 Å². The zero-order valence-electron chi connectivity index (χ0n) is 12.9. The number of urea groups is 1. The van der Waals surface area contributed by atoms with Crippen LogP contribution in [0.1, 0.15) is 23.8 Å². The number of amides is 3. The molecule has 0 aliphatic carbocycles. The van der Waals surface area contributed by atoms with Crippen LogP contribution in [0.3, 0.4) is 0 Å². The van der Waals surface area contributed by atoms with Crippen molar-refractivity contribution in [2.75, 3.05) is 13.2 Å². The number of hydrogen-bond acceptors (Lipinski definition) is 9. The number of aliphatic carboxylic acids is 1. The van der Waals surface area contributed by atoms with Crippen LogP contribution in [0.25, 0.3) is 0 Å². The topological polar surface area (TPSA) is 227 Å². The van der Waals surface area contributed by atoms with Gasteiger partial charge in [-0.2, -0.15) is 4.98 Å². The number of nitrogens with two attached hydrogens (primary N) is 2. The second-order valence-corrected chi connectivity index (χ2v) is 4.79. The summed E-state index contributed by atoms with van der Waals surface area (Å²) in [6.07, 6.45) is 0. The Morgan fingerprint density at radius 1 is 1.24 bits per heavy atom. The Kier molecular flexibility index (Phi) is 6.98. The van der Waals surface area contributed by atoms with Crippen molar-refractivity contribution in [3.05, 3.63) is 23.9 Å². The number of nitrogens with one attached hydrogen (secondary N) is 2. The summed E-state index contributed by atoms with van der Waals surface area (Å²) in [5, 5.41) is 34.3. The fourth-order valence-corrected chi connectivity index (χ4v) is 1.55. The molecule has 0 spiro atoms. The van der Waals surface area contributed by atoms with Gasteiger partial charge >= 0.3 is 12.0 Å². The maximum Gasteiger partial charge on any atom is 0.328 e. The molecule has 0 saturated carbocycles. The lowest BCUT2D eigenvalue weighted by molar-refractivity contribution is -0.140. The number of carboxylic acid groups (broad SMARTS) is 1. The average Bonchev–Trinajstić information content (AvgIpc) is 3.05. The minimum absolute atomic E-state index is 0.0965. The molecular weight excluding hydrogens is 340 g/mol. The molecule has 0 saturated heterocycles. The van der Waals surface area contributed by atoms with E-state index in [9.17, 15) is 14.4 Å². The molecular formula is C12H18N6O7. The molecule has 13 nitrogen and oxygen atoms in total. The molecule has 0 bridgehead atoms. The fraction of sp³-hybridized carbons (Fsp3) is 0.417. The van der Waals surface area contributed by atoms with E-state index in [1.165, 1.54) is 0 Å². The van der Waals surface area contributed by atoms with Crippen molar-refractivity contribution in [1.29, 1.82) is 0 Å². The summed E-state index contributed by atoms with van der Waals surface area (Å²) in [6, 6.07) is -4.99. The maximum absolute atomic E-state index is 11.9. The van der Waals surface area contributed by atoms with Crippen LogP contribution in [0, 0.1) is 0 Å². The van der Waals surface area contributed by atoms with Gasteiger partial charge in [-0.3, -0.25) is 4.79 Å². The molecule has 13 heteroatoms. The molecule has 1 aromatic rings. The average molecular weight is 358 g/mol. The molecule has 1 aromatic heterocycles. The van der Waals surface area contributed by atoms with E-state index in [-0.39, 0.29) is 17.3 Å². The normalized spacial score (nSPS) is 14.2. The van der Waals surface area contributed by atoms with Crippen molar-refractivity contribution in [3.8, 4) is 0 Å². The number of aliphatic hydroxyl groups is 2. The first-order valence-corrected chi connectivity index (χ1v) is 6.80. The molecule has 0 fully saturated rings. The zero-order chi connectivity index (χ0) is 19.1. The maximum atomic E-state index is 11.9. The Labute approximate surface area is 140 Å². The SMILES string of the molecule is C=C(C(N)=O)[C@H](NC(=O)N[C@@H](CO)C(=O)O)c1nc([C@@H](N)CO)no1. The highest BCUT2D eigenvalue weighted by molar-refractivity contribution is 5.93. The molecule has 0 aliphatic heterocycles. The summed E-state index contributed by atoms with van der Waals surface area (Å²) in [5.41, 5.74) is 10.3. The number of hydrogen-bond donors (Lipinski definition) is 7. The van der Waals surface area contributed by atoms with Crippen LogP contribution in [0.5, 0.6) is 0 Å². The third-order valence-electron chi connectivity index (χ3n) is 2.96. The van der Waals surface area contributed by atoms with Crippen molar-refractivity contribution in [1.82, 2.24) is 20.8 Å². The first kappa shape index (κ1) is 20.0. The van der Waals surface area contributed by atoms with Crippen LogP contribution in [0.4, 0.5) is 4.79 Å². The molecule has 3 atom stereocenters. The van der Waals surface area contributed by atoms with Crippen LogP contribution in [0.2, 0.25) is 0 Å². The number of carbonyl (C=O) groups is 3. The molecule has 0 aliphatic rings. The summed E-state index contributed by atoms with van der Waals surface area (Å²) in [4.78, 5) is 37.9. The molecule has 1 heterocycles. The van der Waals surface area contributed by atoms with Gasteiger partial charge in [0.15, 0.2) is 11.9 Å². The van der Waals surface area contributed by atoms with Gasteiger partial charge in [-0.1, -0.05) is 11.7 Å². The van der Waals surface area contributed by atoms with Crippen LogP contribution in [0.15, 0.2) is 16.7 Å². The second kappa shape index (κ2) is 8.72. The smallest absolute Gasteiger partial charge is 0.328 e. The number of rotatable bonds is 9. The molecule has 1 rings (SSSR count). The van der Waals surface area contributed by atoms with Gasteiger partial charge in [-0.05, 0) is 0 Å². The van der Waals surface area contributed by atoms with Crippen LogP contribution in [-0.4, -0.2) is 62.6 Å². The van der Waals surface area contributed by atoms with Crippen LogP contribution < -0.4 is 22.1 Å². The van der Waals surface area contributed by atoms with Crippen LogP contribution in [-0.2, 0) is 9.59 Å². The molecule has 0 radical (unpaired) electrons. The van der Waals surface area contributed by atoms with E-state index in [2.05, 4.69) is 22.0 Å². The molecule has 0 aromatic carbocycles. The van der Waals surface area contributed by atoms with Crippen LogP contribution >= 0.6 is 0 Å². The zero-order valence-corrected chi connectivity index (χ0v) is 12.9. The monoisotopic (exact) mass is 358 g/mol. The third kappa shape index (κ3) is 5.23. The summed E-state index contributed by atoms with van der Waals surface area (Å²) < 4.78 is 4.87. The highest BCUT2D eigenvalue weighted by Gasteiger charge is 2.29. The van der Waals surface area contributed by atoms with Crippen molar-refractivity contribution in [2.24, 2.45) is 11.5 Å². The lowest BCUT2D eigenvalue weighted by Crippen LogP contribution is -2.49. The first-order chi connectivity index (χ1) is 11.7. The van der Waals surface area contributed by atoms with Gasteiger partial charge in [-0.15, -0.1) is 0 Å². The largest absolute Gasteiger partial charge is 0.480 e. The van der Waals surface area contributed by atoms with Gasteiger partial charge in [0.25, 0.3) is 5.89 Å². The minimum atomic E-state index is -1.58. The number of carboxylic acids is 1. The molecule has 0 unspecified atom stereocenters. The van der Waals surface area contributed by atoms with E-state index in [4.69, 9.17) is 31.3 Å². The van der Waals surface area contributed by atoms with Gasteiger partial charge in [0.2, 0.25) is 5.91 Å². The molecule has 3 amide bonds. The molecule has 25 heavy (non-hydrogen) atoms. The summed E-state index contributed by atoms with van der Waals surface area (Å²) in [7, 11) is 0. The summed E-state index contributed by atoms with van der Waals surface area (Å²) in [6.45, 7) is 2.06. The first-order valence-electron chi connectivity index (χ1n) is 6.80. The van der Waals surface area contributed by atoms with E-state index < -0.39 is 49.2 Å². The van der Waals surface area contributed by atoms with E-state index in [1.807, 2.05) is 5.32 Å². The van der Waals surface area contributed by atoms with Crippen molar-refractivity contribution in [3.63, 3.8) is 0 Å². The summed E-state index contributed by atoms with van der Waals surface area (Å²) in [5.74, 6) is -2.88. The molecule has 9 N–H and O–H groups in total. The number of aliphatic hydroxyl groups excluding tert-OH is 2. The van der Waals surface area contributed by atoms with E-state index in [0.29, 0.717) is 0 Å². The van der Waals surface area contributed by atoms with Gasteiger partial charge in [0, 0.05) is 5.57 Å². The highest BCUT2D eigenvalue weighted by Crippen LogP contribution is 2.20. The van der Waals surface area contributed by atoms with Gasteiger partial charge in [0.1, 0.15) is 6.04 Å². The van der Waals surface area contributed by atoms with Crippen molar-refractivity contribution in [2.45, 2.75) is 18.1 Å². The van der Waals surface area contributed by atoms with E-state index in [1.54, 1.807) is 0 Å². The quantitative estimate of drug-likeness (QED) is 0.220. The van der Waals surface area contributed by atoms with Gasteiger partial charge in [-0.25, -0.2) is 9.59 Å². The predicted molar refractivity (Wildman–Crippen MR) is 79.6 cm³/mol. The summed E-state index contributed by atoms with van der Waals surface area (Å²) >= 11 is 0. The Bertz CT molecular complexity index is 660. The second-order valence-electron chi connectivity index (χ2n) is 4.79. The lowest BCUT2D eigenvalue weighted by Gasteiger charge is -2.18. The Morgan fingerprint density at radius 2 is 1.88 bits per heavy atom.